The number of fused-ring (bicyclic) bond motifs is 1. The van der Waals surface area contributed by atoms with Crippen LogP contribution in [0.1, 0.15) is 54.4 Å². The molecule has 0 aliphatic heterocycles. The number of rotatable bonds is 3. The van der Waals surface area contributed by atoms with Crippen LogP contribution in [0.2, 0.25) is 0 Å². The van der Waals surface area contributed by atoms with Gasteiger partial charge in [0.25, 0.3) is 0 Å². The third-order valence-corrected chi connectivity index (χ3v) is 4.36. The van der Waals surface area contributed by atoms with Gasteiger partial charge in [-0.1, -0.05) is 20.8 Å². The molecule has 0 amide bonds. The summed E-state index contributed by atoms with van der Waals surface area (Å²) in [6, 6.07) is 0. The maximum absolute atomic E-state index is 14.5. The van der Waals surface area contributed by atoms with E-state index in [9.17, 15) is 9.18 Å². The molecule has 0 aromatic rings. The molecule has 1 unspecified atom stereocenters. The number of hydrogen-bond acceptors (Lipinski definition) is 2. The summed E-state index contributed by atoms with van der Waals surface area (Å²) in [7, 11) is 0. The van der Waals surface area contributed by atoms with Crippen molar-refractivity contribution in [3.63, 3.8) is 0 Å². The van der Waals surface area contributed by atoms with Gasteiger partial charge < -0.3 is 4.74 Å². The van der Waals surface area contributed by atoms with Crippen molar-refractivity contribution in [2.75, 3.05) is 0 Å². The van der Waals surface area contributed by atoms with Crippen molar-refractivity contribution in [3.05, 3.63) is 0 Å². The van der Waals surface area contributed by atoms with Crippen molar-refractivity contribution < 1.29 is 13.9 Å². The van der Waals surface area contributed by atoms with Crippen LogP contribution >= 0.6 is 0 Å². The molecule has 0 aromatic heterocycles. The molecule has 2 fully saturated rings. The van der Waals surface area contributed by atoms with Gasteiger partial charge in [-0.2, -0.15) is 0 Å². The summed E-state index contributed by atoms with van der Waals surface area (Å²) in [4.78, 5) is 12.3. The molecule has 0 bridgehead atoms. The number of esters is 1. The zero-order valence-corrected chi connectivity index (χ0v) is 11.7. The highest BCUT2D eigenvalue weighted by Gasteiger charge is 3.02. The predicted molar refractivity (Wildman–Crippen MR) is 64.3 cm³/mol. The van der Waals surface area contributed by atoms with Gasteiger partial charge in [0.15, 0.2) is 0 Å². The van der Waals surface area contributed by atoms with Crippen molar-refractivity contribution in [2.45, 2.75) is 65.7 Å². The fourth-order valence-corrected chi connectivity index (χ4v) is 3.38. The number of halogens is 1. The lowest BCUT2D eigenvalue weighted by molar-refractivity contribution is -0.168. The molecule has 2 saturated carbocycles. The number of ether oxygens (including phenoxy) is 1. The summed E-state index contributed by atoms with van der Waals surface area (Å²) in [5.74, 6) is -0.0327. The highest BCUT2D eigenvalue weighted by molar-refractivity contribution is 5.89. The summed E-state index contributed by atoms with van der Waals surface area (Å²) >= 11 is 0. The Bertz CT molecular complexity index is 355. The minimum atomic E-state index is -1.29. The molecule has 3 heteroatoms. The van der Waals surface area contributed by atoms with Gasteiger partial charge in [0.2, 0.25) is 0 Å². The fraction of sp³-hybridized carbons (Fsp3) is 0.929. The topological polar surface area (TPSA) is 26.3 Å². The molecule has 0 radical (unpaired) electrons. The van der Waals surface area contributed by atoms with E-state index in [0.29, 0.717) is 18.8 Å². The molecule has 3 atom stereocenters. The van der Waals surface area contributed by atoms with Crippen molar-refractivity contribution in [3.8, 4) is 0 Å². The first-order valence-electron chi connectivity index (χ1n) is 6.42. The van der Waals surface area contributed by atoms with Gasteiger partial charge in [0, 0.05) is 5.41 Å². The Morgan fingerprint density at radius 1 is 1.41 bits per heavy atom. The lowest BCUT2D eigenvalue weighted by Crippen LogP contribution is -2.38. The molecule has 2 nitrogen and oxygen atoms in total. The van der Waals surface area contributed by atoms with Crippen molar-refractivity contribution in [2.24, 2.45) is 16.7 Å². The Kier molecular flexibility index (Phi) is 2.30. The Labute approximate surface area is 103 Å². The first-order chi connectivity index (χ1) is 7.50. The van der Waals surface area contributed by atoms with Crippen LogP contribution in [0.5, 0.6) is 0 Å². The van der Waals surface area contributed by atoms with Crippen LogP contribution in [0.25, 0.3) is 0 Å². The molecule has 17 heavy (non-hydrogen) atoms. The summed E-state index contributed by atoms with van der Waals surface area (Å²) in [6.45, 7) is 11.4. The SMILES string of the molecule is CC(C)CC1(C(=O)OC(C)(C)C)[C@]2(C)C[C@]12F. The Balaban J connectivity index is 2.19. The summed E-state index contributed by atoms with van der Waals surface area (Å²) in [6.07, 6.45) is 1.11. The van der Waals surface area contributed by atoms with E-state index in [0.717, 1.165) is 0 Å². The monoisotopic (exact) mass is 242 g/mol. The number of carbonyl (C=O) groups excluding carboxylic acids is 1. The van der Waals surface area contributed by atoms with Gasteiger partial charge in [0.1, 0.15) is 16.7 Å². The molecule has 0 aromatic carbocycles. The maximum atomic E-state index is 14.5. The van der Waals surface area contributed by atoms with Crippen LogP contribution < -0.4 is 0 Å². The number of alkyl halides is 1. The predicted octanol–water partition coefficient (Wildman–Crippen LogP) is 3.49. The third-order valence-electron chi connectivity index (χ3n) is 4.36. The van der Waals surface area contributed by atoms with E-state index in [-0.39, 0.29) is 5.97 Å². The normalized spacial score (nSPS) is 43.3. The lowest BCUT2D eigenvalue weighted by Gasteiger charge is -2.30. The summed E-state index contributed by atoms with van der Waals surface area (Å²) in [5, 5.41) is 0. The van der Waals surface area contributed by atoms with Gasteiger partial charge in [-0.15, -0.1) is 0 Å². The van der Waals surface area contributed by atoms with E-state index in [4.69, 9.17) is 4.74 Å². The Morgan fingerprint density at radius 3 is 2.12 bits per heavy atom. The molecular weight excluding hydrogens is 219 g/mol. The van der Waals surface area contributed by atoms with Gasteiger partial charge in [-0.25, -0.2) is 4.39 Å². The van der Waals surface area contributed by atoms with E-state index in [1.54, 1.807) is 0 Å². The molecule has 0 saturated heterocycles. The quantitative estimate of drug-likeness (QED) is 0.708. The van der Waals surface area contributed by atoms with E-state index in [1.165, 1.54) is 0 Å². The van der Waals surface area contributed by atoms with Crippen LogP contribution in [0.4, 0.5) is 4.39 Å². The second-order valence-electron chi connectivity index (χ2n) is 7.32. The van der Waals surface area contributed by atoms with Crippen molar-refractivity contribution in [1.82, 2.24) is 0 Å². The molecule has 0 N–H and O–H groups in total. The average molecular weight is 242 g/mol. The van der Waals surface area contributed by atoms with E-state index >= 15 is 0 Å². The minimum Gasteiger partial charge on any atom is -0.459 e. The zero-order valence-electron chi connectivity index (χ0n) is 11.7. The fourth-order valence-electron chi connectivity index (χ4n) is 3.38. The van der Waals surface area contributed by atoms with E-state index in [1.807, 2.05) is 41.5 Å². The Morgan fingerprint density at radius 2 is 1.88 bits per heavy atom. The summed E-state index contributed by atoms with van der Waals surface area (Å²) < 4.78 is 19.9. The second kappa shape index (κ2) is 3.04. The smallest absolute Gasteiger partial charge is 0.316 e. The third kappa shape index (κ3) is 1.40. The van der Waals surface area contributed by atoms with Crippen LogP contribution in [-0.2, 0) is 9.53 Å². The van der Waals surface area contributed by atoms with Crippen LogP contribution in [0, 0.1) is 16.7 Å². The highest BCUT2D eigenvalue weighted by atomic mass is 19.1. The van der Waals surface area contributed by atoms with Crippen LogP contribution in [0.15, 0.2) is 0 Å². The van der Waals surface area contributed by atoms with Crippen LogP contribution in [-0.4, -0.2) is 17.2 Å². The minimum absolute atomic E-state index is 0.305. The molecule has 0 spiro atoms. The first kappa shape index (κ1) is 12.8. The molecule has 2 aliphatic carbocycles. The molecule has 2 aliphatic rings. The summed E-state index contributed by atoms with van der Waals surface area (Å²) in [5.41, 5.74) is -3.14. The lowest BCUT2D eigenvalue weighted by atomic mass is 9.80. The molecule has 2 rings (SSSR count). The van der Waals surface area contributed by atoms with Crippen LogP contribution in [0.3, 0.4) is 0 Å². The van der Waals surface area contributed by atoms with Crippen molar-refractivity contribution >= 4 is 5.97 Å². The molecular formula is C14H23FO2. The number of carbonyl (C=O) groups is 1. The Hall–Kier alpha value is -0.600. The van der Waals surface area contributed by atoms with Gasteiger partial charge >= 0.3 is 5.97 Å². The molecule has 98 valence electrons. The number of hydrogen-bond donors (Lipinski definition) is 0. The van der Waals surface area contributed by atoms with Gasteiger partial charge in [-0.3, -0.25) is 4.79 Å². The van der Waals surface area contributed by atoms with Gasteiger partial charge in [0.05, 0.1) is 0 Å². The van der Waals surface area contributed by atoms with E-state index < -0.39 is 22.1 Å². The van der Waals surface area contributed by atoms with E-state index in [2.05, 4.69) is 0 Å². The maximum Gasteiger partial charge on any atom is 0.316 e. The average Bonchev–Trinajstić information content (AvgIpc) is 2.77. The highest BCUT2D eigenvalue weighted by Crippen LogP contribution is 2.94. The molecule has 0 heterocycles. The van der Waals surface area contributed by atoms with Gasteiger partial charge in [-0.05, 0) is 39.5 Å². The standard InChI is InChI=1S/C14H23FO2/c1-9(2)7-13(10(16)17-11(3,4)5)12(6)8-14(12,13)15/h9H,7-8H2,1-6H3/t12-,13?,14+/m0/s1. The zero-order chi connectivity index (χ0) is 13.3. The first-order valence-corrected chi connectivity index (χ1v) is 6.42. The largest absolute Gasteiger partial charge is 0.459 e. The second-order valence-corrected chi connectivity index (χ2v) is 7.32. The van der Waals surface area contributed by atoms with Crippen molar-refractivity contribution in [1.29, 1.82) is 0 Å².